The van der Waals surface area contributed by atoms with E-state index in [1.807, 2.05) is 30.3 Å². The molecule has 0 aliphatic carbocycles. The quantitative estimate of drug-likeness (QED) is 0.625. The highest BCUT2D eigenvalue weighted by Crippen LogP contribution is 2.11. The minimum absolute atomic E-state index is 0.0781. The molecule has 0 bridgehead atoms. The number of carbonyl (C=O) groups is 1. The van der Waals surface area contributed by atoms with Crippen LogP contribution in [0.4, 0.5) is 0 Å². The van der Waals surface area contributed by atoms with Crippen LogP contribution in [0.1, 0.15) is 11.6 Å². The van der Waals surface area contributed by atoms with Crippen molar-refractivity contribution in [3.63, 3.8) is 0 Å². The highest BCUT2D eigenvalue weighted by atomic mass is 16.4. The average molecular weight is 221 g/mol. The molecular formula is C12H15NO3. The van der Waals surface area contributed by atoms with Crippen molar-refractivity contribution in [2.45, 2.75) is 6.04 Å². The van der Waals surface area contributed by atoms with Gasteiger partial charge in [0.25, 0.3) is 0 Å². The van der Waals surface area contributed by atoms with Gasteiger partial charge >= 0.3 is 5.97 Å². The number of aliphatic hydroxyl groups excluding tert-OH is 1. The van der Waals surface area contributed by atoms with Gasteiger partial charge in [0.1, 0.15) is 0 Å². The van der Waals surface area contributed by atoms with Gasteiger partial charge in [0.05, 0.1) is 12.6 Å². The number of rotatable bonds is 6. The van der Waals surface area contributed by atoms with Gasteiger partial charge in [-0.3, -0.25) is 0 Å². The Morgan fingerprint density at radius 3 is 2.50 bits per heavy atom. The monoisotopic (exact) mass is 221 g/mol. The molecule has 0 spiro atoms. The number of nitrogens with one attached hydrogen (secondary N) is 1. The van der Waals surface area contributed by atoms with Crippen LogP contribution in [0.15, 0.2) is 42.5 Å². The van der Waals surface area contributed by atoms with Crippen LogP contribution in [-0.4, -0.2) is 29.3 Å². The van der Waals surface area contributed by atoms with Crippen molar-refractivity contribution in [2.75, 3.05) is 13.2 Å². The number of aliphatic carboxylic acids is 1. The first-order valence-corrected chi connectivity index (χ1v) is 4.95. The molecule has 0 aliphatic rings. The van der Waals surface area contributed by atoms with Crippen LogP contribution in [0.2, 0.25) is 0 Å². The van der Waals surface area contributed by atoms with Crippen molar-refractivity contribution in [3.05, 3.63) is 48.0 Å². The van der Waals surface area contributed by atoms with Crippen LogP contribution in [0.3, 0.4) is 0 Å². The Balaban J connectivity index is 2.57. The van der Waals surface area contributed by atoms with E-state index in [1.54, 1.807) is 0 Å². The molecule has 4 heteroatoms. The summed E-state index contributed by atoms with van der Waals surface area (Å²) in [5, 5.41) is 20.8. The molecule has 4 nitrogen and oxygen atoms in total. The Bertz CT molecular complexity index is 362. The largest absolute Gasteiger partial charge is 0.478 e. The zero-order valence-corrected chi connectivity index (χ0v) is 8.89. The molecule has 0 heterocycles. The summed E-state index contributed by atoms with van der Waals surface area (Å²) in [6.07, 6.45) is 0. The number of carboxylic acid groups (broad SMARTS) is 1. The molecule has 86 valence electrons. The summed E-state index contributed by atoms with van der Waals surface area (Å²) in [6.45, 7) is 3.47. The van der Waals surface area contributed by atoms with Gasteiger partial charge in [0.15, 0.2) is 0 Å². The Morgan fingerprint density at radius 2 is 2.00 bits per heavy atom. The molecule has 0 radical (unpaired) electrons. The smallest absolute Gasteiger partial charge is 0.332 e. The van der Waals surface area contributed by atoms with Crippen molar-refractivity contribution in [1.29, 1.82) is 0 Å². The lowest BCUT2D eigenvalue weighted by Gasteiger charge is -2.16. The molecule has 0 saturated carbocycles. The zero-order valence-electron chi connectivity index (χ0n) is 8.89. The lowest BCUT2D eigenvalue weighted by Crippen LogP contribution is -2.27. The molecule has 1 aromatic rings. The van der Waals surface area contributed by atoms with Crippen molar-refractivity contribution >= 4 is 5.97 Å². The van der Waals surface area contributed by atoms with Gasteiger partial charge in [-0.05, 0) is 5.56 Å². The fourth-order valence-electron chi connectivity index (χ4n) is 1.30. The fraction of sp³-hybridized carbons (Fsp3) is 0.250. The van der Waals surface area contributed by atoms with E-state index < -0.39 is 5.97 Å². The minimum atomic E-state index is -1.03. The normalized spacial score (nSPS) is 12.1. The van der Waals surface area contributed by atoms with Crippen molar-refractivity contribution in [1.82, 2.24) is 5.32 Å². The minimum Gasteiger partial charge on any atom is -0.478 e. The highest BCUT2D eigenvalue weighted by molar-refractivity contribution is 5.86. The van der Waals surface area contributed by atoms with Gasteiger partial charge in [-0.1, -0.05) is 36.9 Å². The lowest BCUT2D eigenvalue weighted by molar-refractivity contribution is -0.132. The second-order valence-corrected chi connectivity index (χ2v) is 3.44. The Hall–Kier alpha value is -1.65. The Kier molecular flexibility index (Phi) is 4.69. The molecule has 16 heavy (non-hydrogen) atoms. The van der Waals surface area contributed by atoms with E-state index in [0.29, 0.717) is 0 Å². The van der Waals surface area contributed by atoms with Crippen LogP contribution in [0, 0.1) is 0 Å². The Labute approximate surface area is 94.2 Å². The maximum Gasteiger partial charge on any atom is 0.332 e. The third-order valence-corrected chi connectivity index (χ3v) is 2.25. The van der Waals surface area contributed by atoms with Gasteiger partial charge < -0.3 is 15.5 Å². The maximum atomic E-state index is 10.5. The summed E-state index contributed by atoms with van der Waals surface area (Å²) >= 11 is 0. The van der Waals surface area contributed by atoms with Gasteiger partial charge in [0.2, 0.25) is 0 Å². The van der Waals surface area contributed by atoms with E-state index >= 15 is 0 Å². The molecule has 0 unspecified atom stereocenters. The summed E-state index contributed by atoms with van der Waals surface area (Å²) in [6, 6.07) is 9.10. The van der Waals surface area contributed by atoms with E-state index in [4.69, 9.17) is 5.11 Å². The lowest BCUT2D eigenvalue weighted by atomic mass is 10.1. The number of carboxylic acids is 1. The molecule has 0 amide bonds. The highest BCUT2D eigenvalue weighted by Gasteiger charge is 2.11. The Morgan fingerprint density at radius 1 is 1.38 bits per heavy atom. The van der Waals surface area contributed by atoms with Crippen molar-refractivity contribution in [2.24, 2.45) is 0 Å². The topological polar surface area (TPSA) is 69.6 Å². The second-order valence-electron chi connectivity index (χ2n) is 3.44. The summed E-state index contributed by atoms with van der Waals surface area (Å²) in [5.41, 5.74) is 0.998. The van der Waals surface area contributed by atoms with E-state index in [1.165, 1.54) is 0 Å². The van der Waals surface area contributed by atoms with Crippen LogP contribution < -0.4 is 5.32 Å². The maximum absolute atomic E-state index is 10.5. The molecule has 0 aliphatic heterocycles. The zero-order chi connectivity index (χ0) is 12.0. The van der Waals surface area contributed by atoms with Gasteiger partial charge in [-0.2, -0.15) is 0 Å². The summed E-state index contributed by atoms with van der Waals surface area (Å²) in [7, 11) is 0. The van der Waals surface area contributed by atoms with E-state index in [0.717, 1.165) is 5.56 Å². The fourth-order valence-corrected chi connectivity index (χ4v) is 1.30. The summed E-state index contributed by atoms with van der Waals surface area (Å²) in [4.78, 5) is 10.5. The molecule has 1 atom stereocenters. The third-order valence-electron chi connectivity index (χ3n) is 2.25. The average Bonchev–Trinajstić information content (AvgIpc) is 2.30. The first-order chi connectivity index (χ1) is 7.65. The predicted octanol–water partition coefficient (Wildman–Crippen LogP) is 0.950. The van der Waals surface area contributed by atoms with E-state index in [2.05, 4.69) is 11.9 Å². The number of hydrogen-bond acceptors (Lipinski definition) is 3. The van der Waals surface area contributed by atoms with E-state index in [-0.39, 0.29) is 24.8 Å². The van der Waals surface area contributed by atoms with Crippen LogP contribution in [-0.2, 0) is 4.79 Å². The van der Waals surface area contributed by atoms with Crippen LogP contribution in [0.5, 0.6) is 0 Å². The van der Waals surface area contributed by atoms with Crippen LogP contribution in [0.25, 0.3) is 0 Å². The molecular weight excluding hydrogens is 206 g/mol. The SMILES string of the molecule is C=C(CN[C@@H](CO)c1ccccc1)C(=O)O. The molecule has 0 fully saturated rings. The van der Waals surface area contributed by atoms with E-state index in [9.17, 15) is 9.90 Å². The second kappa shape index (κ2) is 6.05. The summed E-state index contributed by atoms with van der Waals surface area (Å²) < 4.78 is 0. The molecule has 0 aromatic heterocycles. The third kappa shape index (κ3) is 3.49. The number of aliphatic hydroxyl groups is 1. The summed E-state index contributed by atoms with van der Waals surface area (Å²) in [5.74, 6) is -1.03. The number of benzene rings is 1. The molecule has 1 aromatic carbocycles. The molecule has 1 rings (SSSR count). The van der Waals surface area contributed by atoms with Gasteiger partial charge in [0, 0.05) is 12.1 Å². The van der Waals surface area contributed by atoms with Gasteiger partial charge in [-0.15, -0.1) is 0 Å². The number of hydrogen-bond donors (Lipinski definition) is 3. The molecule has 3 N–H and O–H groups in total. The molecule has 0 saturated heterocycles. The van der Waals surface area contributed by atoms with Crippen molar-refractivity contribution < 1.29 is 15.0 Å². The first kappa shape index (κ1) is 12.4. The van der Waals surface area contributed by atoms with Gasteiger partial charge in [-0.25, -0.2) is 4.79 Å². The standard InChI is InChI=1S/C12H15NO3/c1-9(12(15)16)7-13-11(8-14)10-5-3-2-4-6-10/h2-6,11,13-14H,1,7-8H2,(H,15,16)/t11-/m0/s1. The van der Waals surface area contributed by atoms with Crippen molar-refractivity contribution in [3.8, 4) is 0 Å². The predicted molar refractivity (Wildman–Crippen MR) is 61.0 cm³/mol. The van der Waals surface area contributed by atoms with Crippen LogP contribution >= 0.6 is 0 Å². The first-order valence-electron chi connectivity index (χ1n) is 4.95.